The van der Waals surface area contributed by atoms with E-state index in [-0.39, 0.29) is 17.7 Å². The average Bonchev–Trinajstić information content (AvgIpc) is 2.71. The topological polar surface area (TPSA) is 83.8 Å². The maximum atomic E-state index is 11.7. The fourth-order valence-electron chi connectivity index (χ4n) is 1.78. The zero-order valence-electron chi connectivity index (χ0n) is 8.38. The van der Waals surface area contributed by atoms with Crippen molar-refractivity contribution in [3.05, 3.63) is 30.4 Å². The highest BCUT2D eigenvalue weighted by atomic mass is 16.3. The molecule has 0 radical (unpaired) electrons. The van der Waals surface area contributed by atoms with E-state index in [0.717, 1.165) is 12.2 Å². The fraction of sp³-hybridized carbons (Fsp3) is 0.300. The Morgan fingerprint density at radius 3 is 3.25 bits per heavy atom. The molecule has 6 heteroatoms. The normalized spacial score (nSPS) is 23.0. The molecule has 16 heavy (non-hydrogen) atoms. The second kappa shape index (κ2) is 3.48. The van der Waals surface area contributed by atoms with E-state index in [2.05, 4.69) is 20.7 Å². The van der Waals surface area contributed by atoms with Gasteiger partial charge in [-0.1, -0.05) is 0 Å². The van der Waals surface area contributed by atoms with Crippen LogP contribution in [-0.2, 0) is 4.79 Å². The van der Waals surface area contributed by atoms with Gasteiger partial charge in [-0.05, 0) is 18.6 Å². The van der Waals surface area contributed by atoms with Crippen molar-refractivity contribution in [1.29, 1.82) is 0 Å². The molecule has 0 saturated heterocycles. The highest BCUT2D eigenvalue weighted by Crippen LogP contribution is 2.47. The number of carbonyl (C=O) groups excluding carboxylic acids is 1. The molecule has 0 spiro atoms. The van der Waals surface area contributed by atoms with Crippen LogP contribution in [0.15, 0.2) is 29.0 Å². The van der Waals surface area contributed by atoms with Crippen molar-refractivity contribution in [2.75, 3.05) is 5.32 Å². The van der Waals surface area contributed by atoms with Crippen molar-refractivity contribution in [3.63, 3.8) is 0 Å². The zero-order valence-corrected chi connectivity index (χ0v) is 8.38. The molecule has 1 saturated carbocycles. The second-order valence-electron chi connectivity index (χ2n) is 3.81. The number of anilines is 1. The molecule has 2 atom stereocenters. The summed E-state index contributed by atoms with van der Waals surface area (Å²) >= 11 is 0. The van der Waals surface area contributed by atoms with Gasteiger partial charge in [0.05, 0.1) is 12.5 Å². The smallest absolute Gasteiger partial charge is 0.229 e. The van der Waals surface area contributed by atoms with Crippen molar-refractivity contribution in [3.8, 4) is 0 Å². The Kier molecular flexibility index (Phi) is 1.99. The number of furan rings is 1. The van der Waals surface area contributed by atoms with Crippen LogP contribution in [0.4, 0.5) is 5.82 Å². The Hall–Kier alpha value is -2.11. The minimum atomic E-state index is -0.0321. The molecule has 1 amide bonds. The van der Waals surface area contributed by atoms with Crippen molar-refractivity contribution in [2.24, 2.45) is 5.92 Å². The number of aromatic amines is 1. The molecule has 6 nitrogen and oxygen atoms in total. The van der Waals surface area contributed by atoms with Crippen LogP contribution in [0, 0.1) is 5.92 Å². The Morgan fingerprint density at radius 2 is 2.56 bits per heavy atom. The summed E-state index contributed by atoms with van der Waals surface area (Å²) in [5.74, 6) is 1.50. The van der Waals surface area contributed by atoms with E-state index in [0.29, 0.717) is 5.82 Å². The lowest BCUT2D eigenvalue weighted by Crippen LogP contribution is -2.14. The molecule has 0 aliphatic heterocycles. The van der Waals surface area contributed by atoms with Gasteiger partial charge < -0.3 is 9.73 Å². The largest absolute Gasteiger partial charge is 0.469 e. The van der Waals surface area contributed by atoms with Gasteiger partial charge in [-0.25, -0.2) is 0 Å². The van der Waals surface area contributed by atoms with E-state index < -0.39 is 0 Å². The van der Waals surface area contributed by atoms with Crippen molar-refractivity contribution in [2.45, 2.75) is 12.3 Å². The van der Waals surface area contributed by atoms with E-state index in [9.17, 15) is 4.79 Å². The first-order valence-corrected chi connectivity index (χ1v) is 5.04. The molecule has 1 fully saturated rings. The molecular weight excluding hydrogens is 208 g/mol. The van der Waals surface area contributed by atoms with E-state index in [1.165, 1.54) is 6.20 Å². The molecule has 0 aromatic carbocycles. The Bertz CT molecular complexity index is 477. The SMILES string of the molecule is O=C(Nc1cn[nH]n1)[C@@H]1C[C@H]1c1ccco1. The van der Waals surface area contributed by atoms with E-state index >= 15 is 0 Å². The summed E-state index contributed by atoms with van der Waals surface area (Å²) in [5, 5.41) is 12.5. The number of rotatable bonds is 3. The third kappa shape index (κ3) is 1.58. The highest BCUT2D eigenvalue weighted by molar-refractivity contribution is 5.94. The van der Waals surface area contributed by atoms with Gasteiger partial charge >= 0.3 is 0 Å². The minimum absolute atomic E-state index is 0.0113. The van der Waals surface area contributed by atoms with Crippen LogP contribution >= 0.6 is 0 Å². The second-order valence-corrected chi connectivity index (χ2v) is 3.81. The standard InChI is InChI=1S/C10H10N4O2/c15-10(12-9-5-11-14-13-9)7-4-6(7)8-2-1-3-16-8/h1-3,5-7H,4H2,(H2,11,12,13,14,15)/t6-,7-/m1/s1. The van der Waals surface area contributed by atoms with Gasteiger partial charge in [-0.3, -0.25) is 4.79 Å². The van der Waals surface area contributed by atoms with Crippen LogP contribution in [0.25, 0.3) is 0 Å². The first-order chi connectivity index (χ1) is 7.84. The molecule has 0 bridgehead atoms. The predicted molar refractivity (Wildman–Crippen MR) is 54.6 cm³/mol. The summed E-state index contributed by atoms with van der Waals surface area (Å²) in [6.07, 6.45) is 3.93. The third-order valence-electron chi connectivity index (χ3n) is 2.70. The van der Waals surface area contributed by atoms with Crippen LogP contribution in [-0.4, -0.2) is 21.3 Å². The van der Waals surface area contributed by atoms with Crippen molar-refractivity contribution < 1.29 is 9.21 Å². The third-order valence-corrected chi connectivity index (χ3v) is 2.70. The van der Waals surface area contributed by atoms with Gasteiger partial charge in [-0.2, -0.15) is 10.3 Å². The minimum Gasteiger partial charge on any atom is -0.469 e. The van der Waals surface area contributed by atoms with Gasteiger partial charge in [0, 0.05) is 11.8 Å². The van der Waals surface area contributed by atoms with Gasteiger partial charge in [0.1, 0.15) is 5.76 Å². The lowest BCUT2D eigenvalue weighted by molar-refractivity contribution is -0.117. The number of amides is 1. The lowest BCUT2D eigenvalue weighted by Gasteiger charge is -1.98. The zero-order chi connectivity index (χ0) is 11.0. The summed E-state index contributed by atoms with van der Waals surface area (Å²) < 4.78 is 5.26. The number of hydrogen-bond acceptors (Lipinski definition) is 4. The molecule has 1 aliphatic carbocycles. The Labute approximate surface area is 91.0 Å². The van der Waals surface area contributed by atoms with Gasteiger partial charge in [-0.15, -0.1) is 5.10 Å². The van der Waals surface area contributed by atoms with Crippen molar-refractivity contribution in [1.82, 2.24) is 15.4 Å². The quantitative estimate of drug-likeness (QED) is 0.809. The van der Waals surface area contributed by atoms with Gasteiger partial charge in [0.25, 0.3) is 0 Å². The molecule has 2 heterocycles. The van der Waals surface area contributed by atoms with Crippen LogP contribution in [0.2, 0.25) is 0 Å². The van der Waals surface area contributed by atoms with E-state index in [4.69, 9.17) is 4.42 Å². The van der Waals surface area contributed by atoms with Crippen LogP contribution in [0.5, 0.6) is 0 Å². The van der Waals surface area contributed by atoms with Crippen LogP contribution in [0.1, 0.15) is 18.1 Å². The Balaban J connectivity index is 1.62. The number of hydrogen-bond donors (Lipinski definition) is 2. The Morgan fingerprint density at radius 1 is 1.62 bits per heavy atom. The number of nitrogens with zero attached hydrogens (tertiary/aromatic N) is 2. The summed E-state index contributed by atoms with van der Waals surface area (Å²) in [4.78, 5) is 11.7. The van der Waals surface area contributed by atoms with Crippen molar-refractivity contribution >= 4 is 11.7 Å². The number of aromatic nitrogens is 3. The molecule has 2 aromatic heterocycles. The monoisotopic (exact) mass is 218 g/mol. The molecule has 2 N–H and O–H groups in total. The van der Waals surface area contributed by atoms with Gasteiger partial charge in [0.2, 0.25) is 5.91 Å². The molecular formula is C10H10N4O2. The maximum absolute atomic E-state index is 11.7. The summed E-state index contributed by atoms with van der Waals surface area (Å²) in [6.45, 7) is 0. The maximum Gasteiger partial charge on any atom is 0.229 e. The summed E-state index contributed by atoms with van der Waals surface area (Å²) in [5.41, 5.74) is 0. The number of H-pyrrole nitrogens is 1. The molecule has 2 aromatic rings. The first-order valence-electron chi connectivity index (χ1n) is 5.04. The average molecular weight is 218 g/mol. The summed E-state index contributed by atoms with van der Waals surface area (Å²) in [6, 6.07) is 3.73. The fourth-order valence-corrected chi connectivity index (χ4v) is 1.78. The summed E-state index contributed by atoms with van der Waals surface area (Å²) in [7, 11) is 0. The molecule has 3 rings (SSSR count). The lowest BCUT2D eigenvalue weighted by atomic mass is 10.2. The van der Waals surface area contributed by atoms with E-state index in [1.807, 2.05) is 12.1 Å². The number of nitrogens with one attached hydrogen (secondary N) is 2. The number of carbonyl (C=O) groups is 1. The molecule has 0 unspecified atom stereocenters. The van der Waals surface area contributed by atoms with Crippen LogP contribution < -0.4 is 5.32 Å². The highest BCUT2D eigenvalue weighted by Gasteiger charge is 2.45. The molecule has 1 aliphatic rings. The van der Waals surface area contributed by atoms with Crippen LogP contribution in [0.3, 0.4) is 0 Å². The predicted octanol–water partition coefficient (Wildman–Crippen LogP) is 1.14. The van der Waals surface area contributed by atoms with Gasteiger partial charge in [0.15, 0.2) is 5.82 Å². The first kappa shape index (κ1) is 9.14. The molecule has 82 valence electrons. The van der Waals surface area contributed by atoms with E-state index in [1.54, 1.807) is 6.26 Å².